The molecule has 0 saturated carbocycles. The van der Waals surface area contributed by atoms with E-state index < -0.39 is 53.5 Å². The lowest BCUT2D eigenvalue weighted by atomic mass is 9.92. The van der Waals surface area contributed by atoms with Crippen LogP contribution in [0.15, 0.2) is 12.1 Å². The van der Waals surface area contributed by atoms with E-state index in [1.54, 1.807) is 0 Å². The van der Waals surface area contributed by atoms with Crippen molar-refractivity contribution in [3.8, 4) is 0 Å². The Bertz CT molecular complexity index is 663. The van der Waals surface area contributed by atoms with E-state index in [2.05, 4.69) is 5.32 Å². The zero-order valence-electron chi connectivity index (χ0n) is 13.9. The predicted molar refractivity (Wildman–Crippen MR) is 81.5 cm³/mol. The van der Waals surface area contributed by atoms with E-state index in [4.69, 9.17) is 0 Å². The number of rotatable bonds is 3. The van der Waals surface area contributed by atoms with Gasteiger partial charge in [-0.1, -0.05) is 0 Å². The predicted octanol–water partition coefficient (Wildman–Crippen LogP) is 5.18. The summed E-state index contributed by atoms with van der Waals surface area (Å²) in [7, 11) is 0. The van der Waals surface area contributed by atoms with Crippen molar-refractivity contribution in [1.82, 2.24) is 10.2 Å². The molecular formula is C15H15ClF10N2. The van der Waals surface area contributed by atoms with E-state index >= 15 is 0 Å². The second-order valence-electron chi connectivity index (χ2n) is 6.04. The lowest BCUT2D eigenvalue weighted by Gasteiger charge is -2.37. The Kier molecular flexibility index (Phi) is 7.62. The lowest BCUT2D eigenvalue weighted by Crippen LogP contribution is -2.46. The van der Waals surface area contributed by atoms with Gasteiger partial charge in [-0.05, 0) is 12.1 Å². The van der Waals surface area contributed by atoms with E-state index in [0.29, 0.717) is 0 Å². The molecule has 1 aliphatic heterocycles. The highest BCUT2D eigenvalue weighted by atomic mass is 35.5. The van der Waals surface area contributed by atoms with Gasteiger partial charge in [-0.15, -0.1) is 12.4 Å². The van der Waals surface area contributed by atoms with Crippen LogP contribution in [0.3, 0.4) is 0 Å². The van der Waals surface area contributed by atoms with Crippen molar-refractivity contribution in [2.75, 3.05) is 26.2 Å². The van der Waals surface area contributed by atoms with Crippen molar-refractivity contribution in [3.63, 3.8) is 0 Å². The fourth-order valence-electron chi connectivity index (χ4n) is 2.98. The summed E-state index contributed by atoms with van der Waals surface area (Å²) >= 11 is 0. The summed E-state index contributed by atoms with van der Waals surface area (Å²) in [4.78, 5) is 0.991. The fraction of sp³-hybridized carbons (Fsp3) is 0.600. The molecule has 28 heavy (non-hydrogen) atoms. The number of piperazine rings is 1. The topological polar surface area (TPSA) is 15.3 Å². The SMILES string of the molecule is Cl.Fc1cc(C(F)(F)F)cc(C(F)(F)F)c1[C@@H](CC(F)(F)F)N1CCNCC1. The zero-order valence-corrected chi connectivity index (χ0v) is 14.7. The van der Waals surface area contributed by atoms with Gasteiger partial charge in [0.25, 0.3) is 0 Å². The second-order valence-corrected chi connectivity index (χ2v) is 6.04. The van der Waals surface area contributed by atoms with Crippen LogP contribution in [-0.4, -0.2) is 37.3 Å². The van der Waals surface area contributed by atoms with E-state index in [1.807, 2.05) is 0 Å². The highest BCUT2D eigenvalue weighted by Gasteiger charge is 2.45. The average molecular weight is 449 g/mol. The molecule has 0 bridgehead atoms. The van der Waals surface area contributed by atoms with Crippen molar-refractivity contribution in [2.24, 2.45) is 0 Å². The zero-order chi connectivity index (χ0) is 20.6. The van der Waals surface area contributed by atoms with Crippen LogP contribution in [0, 0.1) is 5.82 Å². The Morgan fingerprint density at radius 3 is 1.86 bits per heavy atom. The van der Waals surface area contributed by atoms with Gasteiger partial charge in [-0.2, -0.15) is 39.5 Å². The van der Waals surface area contributed by atoms with E-state index in [0.717, 1.165) is 4.90 Å². The Morgan fingerprint density at radius 2 is 1.43 bits per heavy atom. The molecule has 1 aromatic carbocycles. The van der Waals surface area contributed by atoms with Crippen LogP contribution in [0.1, 0.15) is 29.2 Å². The third-order valence-corrected chi connectivity index (χ3v) is 4.11. The summed E-state index contributed by atoms with van der Waals surface area (Å²) < 4.78 is 131. The molecule has 0 amide bonds. The molecule has 0 unspecified atom stereocenters. The molecule has 1 N–H and O–H groups in total. The lowest BCUT2D eigenvalue weighted by molar-refractivity contribution is -0.154. The standard InChI is InChI=1S/C15H14F10N2.ClH/c16-10-6-8(14(20,21)22)5-9(15(23,24)25)12(10)11(7-13(17,18)19)27-3-1-26-2-4-27;/h5-6,11,26H,1-4,7H2;1H/t11-;/m1./s1. The van der Waals surface area contributed by atoms with Crippen LogP contribution in [0.4, 0.5) is 43.9 Å². The van der Waals surface area contributed by atoms with Gasteiger partial charge in [-0.25, -0.2) is 4.39 Å². The molecule has 2 rings (SSSR count). The molecule has 1 fully saturated rings. The minimum Gasteiger partial charge on any atom is -0.314 e. The largest absolute Gasteiger partial charge is 0.416 e. The van der Waals surface area contributed by atoms with Crippen molar-refractivity contribution >= 4 is 12.4 Å². The summed E-state index contributed by atoms with van der Waals surface area (Å²) in [6, 6.07) is -2.63. The molecule has 13 heteroatoms. The number of hydrogen-bond acceptors (Lipinski definition) is 2. The molecule has 0 aliphatic carbocycles. The molecule has 1 aliphatic rings. The summed E-state index contributed by atoms with van der Waals surface area (Å²) in [6.45, 7) is 0.0763. The minimum atomic E-state index is -5.46. The van der Waals surface area contributed by atoms with Gasteiger partial charge >= 0.3 is 18.5 Å². The van der Waals surface area contributed by atoms with Crippen LogP contribution < -0.4 is 5.32 Å². The van der Waals surface area contributed by atoms with Gasteiger partial charge in [0.05, 0.1) is 17.5 Å². The van der Waals surface area contributed by atoms with Gasteiger partial charge in [0, 0.05) is 37.8 Å². The van der Waals surface area contributed by atoms with Crippen molar-refractivity contribution in [2.45, 2.75) is 31.0 Å². The Labute approximate surface area is 159 Å². The van der Waals surface area contributed by atoms with Gasteiger partial charge < -0.3 is 5.32 Å². The molecule has 162 valence electrons. The molecule has 1 aromatic rings. The summed E-state index contributed by atoms with van der Waals surface area (Å²) in [5, 5.41) is 2.78. The van der Waals surface area contributed by atoms with Crippen LogP contribution in [0.5, 0.6) is 0 Å². The number of halogens is 11. The first-order valence-corrected chi connectivity index (χ1v) is 7.69. The van der Waals surface area contributed by atoms with Crippen LogP contribution in [0.2, 0.25) is 0 Å². The summed E-state index contributed by atoms with van der Waals surface area (Å²) in [5.74, 6) is -1.97. The average Bonchev–Trinajstić information content (AvgIpc) is 2.50. The first-order valence-electron chi connectivity index (χ1n) is 7.69. The van der Waals surface area contributed by atoms with Crippen LogP contribution >= 0.6 is 12.4 Å². The van der Waals surface area contributed by atoms with Crippen molar-refractivity contribution < 1.29 is 43.9 Å². The fourth-order valence-corrected chi connectivity index (χ4v) is 2.98. The monoisotopic (exact) mass is 448 g/mol. The quantitative estimate of drug-likeness (QED) is 0.641. The Balaban J connectivity index is 0.00000392. The summed E-state index contributed by atoms with van der Waals surface area (Å²) in [6.07, 6.45) is -17.5. The number of alkyl halides is 9. The maximum absolute atomic E-state index is 14.3. The van der Waals surface area contributed by atoms with E-state index in [-0.39, 0.29) is 50.7 Å². The van der Waals surface area contributed by atoms with Gasteiger partial charge in [-0.3, -0.25) is 4.90 Å². The second kappa shape index (κ2) is 8.62. The van der Waals surface area contributed by atoms with Gasteiger partial charge in [0.1, 0.15) is 5.82 Å². The molecule has 0 aromatic heterocycles. The molecule has 1 saturated heterocycles. The maximum Gasteiger partial charge on any atom is 0.416 e. The third-order valence-electron chi connectivity index (χ3n) is 4.11. The number of hydrogen-bond donors (Lipinski definition) is 1. The minimum absolute atomic E-state index is 0. The van der Waals surface area contributed by atoms with Crippen molar-refractivity contribution in [1.29, 1.82) is 0 Å². The van der Waals surface area contributed by atoms with E-state index in [9.17, 15) is 43.9 Å². The first-order chi connectivity index (χ1) is 12.2. The number of benzene rings is 1. The van der Waals surface area contributed by atoms with Crippen molar-refractivity contribution in [3.05, 3.63) is 34.6 Å². The van der Waals surface area contributed by atoms with Crippen LogP contribution in [-0.2, 0) is 12.4 Å². The normalized spacial score (nSPS) is 17.9. The van der Waals surface area contributed by atoms with Gasteiger partial charge in [0.15, 0.2) is 0 Å². The molecule has 1 heterocycles. The Morgan fingerprint density at radius 1 is 0.893 bits per heavy atom. The third kappa shape index (κ3) is 6.11. The van der Waals surface area contributed by atoms with E-state index in [1.165, 1.54) is 0 Å². The Hall–Kier alpha value is -1.27. The molecule has 2 nitrogen and oxygen atoms in total. The molecular weight excluding hydrogens is 434 g/mol. The van der Waals surface area contributed by atoms with Gasteiger partial charge in [0.2, 0.25) is 0 Å². The molecule has 0 radical (unpaired) electrons. The van der Waals surface area contributed by atoms with Crippen LogP contribution in [0.25, 0.3) is 0 Å². The first kappa shape index (κ1) is 24.8. The number of nitrogens with zero attached hydrogens (tertiary/aromatic N) is 1. The maximum atomic E-state index is 14.3. The smallest absolute Gasteiger partial charge is 0.314 e. The summed E-state index contributed by atoms with van der Waals surface area (Å²) in [5.41, 5.74) is -5.39. The highest BCUT2D eigenvalue weighted by molar-refractivity contribution is 5.85. The molecule has 1 atom stereocenters. The molecule has 0 spiro atoms. The highest BCUT2D eigenvalue weighted by Crippen LogP contribution is 2.44. The number of nitrogens with one attached hydrogen (secondary N) is 1.